The van der Waals surface area contributed by atoms with Crippen LogP contribution in [0, 0.1) is 0 Å². The monoisotopic (exact) mass is 364 g/mol. The number of nitrogens with one attached hydrogen (secondary N) is 3. The number of hydrogen-bond donors (Lipinski definition) is 3. The summed E-state index contributed by atoms with van der Waals surface area (Å²) in [6, 6.07) is 14.4. The summed E-state index contributed by atoms with van der Waals surface area (Å²) in [5, 5.41) is 0.765. The molecule has 0 saturated heterocycles. The van der Waals surface area contributed by atoms with Gasteiger partial charge in [-0.05, 0) is 18.2 Å². The first kappa shape index (κ1) is 16.6. The summed E-state index contributed by atoms with van der Waals surface area (Å²) in [6.45, 7) is 0.143. The molecule has 2 heterocycles. The normalized spacial score (nSPS) is 11.0. The van der Waals surface area contributed by atoms with Gasteiger partial charge in [0.05, 0.1) is 11.1 Å². The van der Waals surface area contributed by atoms with Gasteiger partial charge in [-0.15, -0.1) is 0 Å². The highest BCUT2D eigenvalue weighted by Gasteiger charge is 2.13. The van der Waals surface area contributed by atoms with Crippen molar-refractivity contribution >= 4 is 33.8 Å². The molecular formula is C19H16N4O4. The number of rotatable bonds is 4. The van der Waals surface area contributed by atoms with E-state index in [-0.39, 0.29) is 13.0 Å². The van der Waals surface area contributed by atoms with Gasteiger partial charge in [-0.3, -0.25) is 25.0 Å². The van der Waals surface area contributed by atoms with Crippen molar-refractivity contribution in [1.29, 1.82) is 0 Å². The first-order valence-corrected chi connectivity index (χ1v) is 8.37. The Morgan fingerprint density at radius 3 is 2.70 bits per heavy atom. The number of benzene rings is 2. The Balaban J connectivity index is 1.38. The Bertz CT molecular complexity index is 1200. The predicted octanol–water partition coefficient (Wildman–Crippen LogP) is 1.93. The van der Waals surface area contributed by atoms with Gasteiger partial charge >= 0.3 is 5.76 Å². The molecule has 0 aliphatic carbocycles. The Morgan fingerprint density at radius 1 is 1.04 bits per heavy atom. The summed E-state index contributed by atoms with van der Waals surface area (Å²) < 4.78 is 6.51. The third-order valence-corrected chi connectivity index (χ3v) is 4.29. The largest absolute Gasteiger partial charge is 0.419 e. The van der Waals surface area contributed by atoms with Gasteiger partial charge in [0.15, 0.2) is 5.58 Å². The van der Waals surface area contributed by atoms with Crippen LogP contribution < -0.4 is 16.6 Å². The van der Waals surface area contributed by atoms with E-state index in [1.807, 2.05) is 24.3 Å². The summed E-state index contributed by atoms with van der Waals surface area (Å²) in [4.78, 5) is 39.2. The minimum absolute atomic E-state index is 0.0115. The maximum absolute atomic E-state index is 12.3. The quantitative estimate of drug-likeness (QED) is 0.481. The molecule has 2 aromatic carbocycles. The van der Waals surface area contributed by atoms with E-state index in [1.165, 1.54) is 4.57 Å². The van der Waals surface area contributed by atoms with E-state index in [0.29, 0.717) is 16.7 Å². The van der Waals surface area contributed by atoms with Gasteiger partial charge in [0.2, 0.25) is 5.91 Å². The van der Waals surface area contributed by atoms with Crippen molar-refractivity contribution < 1.29 is 14.0 Å². The van der Waals surface area contributed by atoms with Crippen LogP contribution in [0.4, 0.5) is 0 Å². The Hall–Kier alpha value is -3.81. The first-order chi connectivity index (χ1) is 13.1. The molecule has 27 heavy (non-hydrogen) atoms. The van der Waals surface area contributed by atoms with E-state index in [0.717, 1.165) is 10.9 Å². The third kappa shape index (κ3) is 3.20. The van der Waals surface area contributed by atoms with Gasteiger partial charge in [0.25, 0.3) is 5.91 Å². The number of fused-ring (bicyclic) bond motifs is 2. The topological polar surface area (TPSA) is 109 Å². The number of hydrazine groups is 1. The zero-order valence-corrected chi connectivity index (χ0v) is 14.2. The van der Waals surface area contributed by atoms with Crippen LogP contribution in [-0.2, 0) is 11.3 Å². The maximum Gasteiger partial charge on any atom is 0.419 e. The van der Waals surface area contributed by atoms with Crippen molar-refractivity contribution in [3.8, 4) is 0 Å². The first-order valence-electron chi connectivity index (χ1n) is 8.37. The van der Waals surface area contributed by atoms with Crippen molar-refractivity contribution in [1.82, 2.24) is 20.4 Å². The molecule has 8 heteroatoms. The third-order valence-electron chi connectivity index (χ3n) is 4.29. The van der Waals surface area contributed by atoms with Gasteiger partial charge < -0.3 is 9.40 Å². The lowest BCUT2D eigenvalue weighted by atomic mass is 10.2. The number of nitrogens with zero attached hydrogens (tertiary/aromatic N) is 1. The average molecular weight is 364 g/mol. The summed E-state index contributed by atoms with van der Waals surface area (Å²) >= 11 is 0. The fraction of sp³-hybridized carbons (Fsp3) is 0.105. The summed E-state index contributed by atoms with van der Waals surface area (Å²) in [6.07, 6.45) is 1.60. The van der Waals surface area contributed by atoms with E-state index in [1.54, 1.807) is 30.5 Å². The second-order valence-electron chi connectivity index (χ2n) is 5.99. The number of aryl methyl sites for hydroxylation is 1. The van der Waals surface area contributed by atoms with Crippen LogP contribution in [0.15, 0.2) is 63.9 Å². The molecule has 0 bridgehead atoms. The van der Waals surface area contributed by atoms with Crippen LogP contribution in [-0.4, -0.2) is 21.4 Å². The highest BCUT2D eigenvalue weighted by Crippen LogP contribution is 2.17. The van der Waals surface area contributed by atoms with Crippen LogP contribution in [0.5, 0.6) is 0 Å². The second kappa shape index (κ2) is 6.83. The second-order valence-corrected chi connectivity index (χ2v) is 5.99. The fourth-order valence-corrected chi connectivity index (χ4v) is 2.95. The average Bonchev–Trinajstić information content (AvgIpc) is 3.25. The zero-order chi connectivity index (χ0) is 18.8. The molecule has 0 saturated carbocycles. The summed E-state index contributed by atoms with van der Waals surface area (Å²) in [5.41, 5.74) is 7.11. The standard InChI is InChI=1S/C19H16N4O4/c24-17(9-10-23-15-7-3-4-8-16(15)27-19(23)26)21-22-18(25)13-11-20-14-6-2-1-5-12(13)14/h1-8,11,20H,9-10H2,(H,21,24)(H,22,25). The number of carbonyl (C=O) groups excluding carboxylic acids is 2. The fourth-order valence-electron chi connectivity index (χ4n) is 2.95. The van der Waals surface area contributed by atoms with Crippen LogP contribution in [0.25, 0.3) is 22.0 Å². The predicted molar refractivity (Wildman–Crippen MR) is 99.0 cm³/mol. The molecule has 0 atom stereocenters. The molecule has 0 radical (unpaired) electrons. The van der Waals surface area contributed by atoms with Crippen molar-refractivity contribution in [2.24, 2.45) is 0 Å². The molecule has 4 aromatic rings. The SMILES string of the molecule is O=C(CCn1c(=O)oc2ccccc21)NNC(=O)c1c[nH]c2ccccc12. The Labute approximate surface area is 152 Å². The lowest BCUT2D eigenvalue weighted by Crippen LogP contribution is -2.42. The van der Waals surface area contributed by atoms with Crippen molar-refractivity contribution in [3.05, 3.63) is 70.8 Å². The summed E-state index contributed by atoms with van der Waals surface area (Å²) in [5.74, 6) is -1.36. The molecule has 4 rings (SSSR count). The van der Waals surface area contributed by atoms with Crippen molar-refractivity contribution in [2.75, 3.05) is 0 Å². The van der Waals surface area contributed by atoms with Gasteiger partial charge in [0, 0.05) is 30.1 Å². The van der Waals surface area contributed by atoms with Gasteiger partial charge in [0.1, 0.15) is 0 Å². The minimum Gasteiger partial charge on any atom is -0.408 e. The molecule has 8 nitrogen and oxygen atoms in total. The van der Waals surface area contributed by atoms with Gasteiger partial charge in [-0.25, -0.2) is 4.79 Å². The molecule has 0 unspecified atom stereocenters. The van der Waals surface area contributed by atoms with Gasteiger partial charge in [-0.1, -0.05) is 30.3 Å². The maximum atomic E-state index is 12.3. The van der Waals surface area contributed by atoms with E-state index in [2.05, 4.69) is 15.8 Å². The van der Waals surface area contributed by atoms with E-state index in [4.69, 9.17) is 4.42 Å². The number of para-hydroxylation sites is 3. The van der Waals surface area contributed by atoms with Crippen LogP contribution in [0.1, 0.15) is 16.8 Å². The van der Waals surface area contributed by atoms with Crippen LogP contribution >= 0.6 is 0 Å². The Kier molecular flexibility index (Phi) is 4.21. The molecular weight excluding hydrogens is 348 g/mol. The smallest absolute Gasteiger partial charge is 0.408 e. The minimum atomic E-state index is -0.521. The number of aromatic amines is 1. The molecule has 136 valence electrons. The number of aromatic nitrogens is 2. The van der Waals surface area contributed by atoms with E-state index in [9.17, 15) is 14.4 Å². The molecule has 0 fully saturated rings. The number of amides is 2. The van der Waals surface area contributed by atoms with Crippen molar-refractivity contribution in [2.45, 2.75) is 13.0 Å². The highest BCUT2D eigenvalue weighted by atomic mass is 16.4. The number of hydrogen-bond acceptors (Lipinski definition) is 4. The molecule has 3 N–H and O–H groups in total. The highest BCUT2D eigenvalue weighted by molar-refractivity contribution is 6.07. The Morgan fingerprint density at radius 2 is 1.81 bits per heavy atom. The molecule has 2 amide bonds. The summed E-state index contributed by atoms with van der Waals surface area (Å²) in [7, 11) is 0. The zero-order valence-electron chi connectivity index (χ0n) is 14.2. The van der Waals surface area contributed by atoms with Gasteiger partial charge in [-0.2, -0.15) is 0 Å². The number of carbonyl (C=O) groups is 2. The lowest BCUT2D eigenvalue weighted by Gasteiger charge is -2.07. The van der Waals surface area contributed by atoms with Crippen LogP contribution in [0.2, 0.25) is 0 Å². The molecule has 0 aliphatic heterocycles. The van der Waals surface area contributed by atoms with E-state index >= 15 is 0 Å². The molecule has 0 aliphatic rings. The molecule has 2 aromatic heterocycles. The number of oxazole rings is 1. The van der Waals surface area contributed by atoms with Crippen LogP contribution in [0.3, 0.4) is 0 Å². The number of H-pyrrole nitrogens is 1. The van der Waals surface area contributed by atoms with Crippen molar-refractivity contribution in [3.63, 3.8) is 0 Å². The lowest BCUT2D eigenvalue weighted by molar-refractivity contribution is -0.122. The van der Waals surface area contributed by atoms with E-state index < -0.39 is 17.6 Å². The molecule has 0 spiro atoms.